The second-order valence-corrected chi connectivity index (χ2v) is 3.84. The fraction of sp³-hybridized carbons (Fsp3) is 0.778. The van der Waals surface area contributed by atoms with Crippen molar-refractivity contribution >= 4 is 11.6 Å². The van der Waals surface area contributed by atoms with Gasteiger partial charge in [0.25, 0.3) is 0 Å². The van der Waals surface area contributed by atoms with Gasteiger partial charge in [0.1, 0.15) is 0 Å². The number of hydrogen-bond donors (Lipinski definition) is 0. The van der Waals surface area contributed by atoms with Crippen LogP contribution in [0.1, 0.15) is 33.6 Å². The predicted octanol–water partition coefficient (Wildman–Crippen LogP) is 3.61. The minimum Gasteiger partial charge on any atom is -0.123 e. The Hall–Kier alpha value is 0.0300. The Kier molecular flexibility index (Phi) is 4.80. The minimum absolute atomic E-state index is 0.291. The Balaban J connectivity index is 3.39. The van der Waals surface area contributed by atoms with Crippen LogP contribution >= 0.6 is 11.6 Å². The minimum atomic E-state index is 0.291. The highest BCUT2D eigenvalue weighted by Crippen LogP contribution is 2.17. The molecule has 0 nitrogen and oxygen atoms in total. The van der Waals surface area contributed by atoms with Crippen molar-refractivity contribution in [2.24, 2.45) is 5.92 Å². The Morgan fingerprint density at radius 1 is 1.50 bits per heavy atom. The van der Waals surface area contributed by atoms with Crippen molar-refractivity contribution in [1.82, 2.24) is 0 Å². The van der Waals surface area contributed by atoms with Crippen molar-refractivity contribution in [3.63, 3.8) is 0 Å². The average Bonchev–Trinajstić information content (AvgIpc) is 1.82. The highest BCUT2D eigenvalue weighted by molar-refractivity contribution is 6.20. The van der Waals surface area contributed by atoms with E-state index in [2.05, 4.69) is 20.4 Å². The molecular weight excluding hydrogens is 144 g/mol. The van der Waals surface area contributed by atoms with E-state index in [1.807, 2.05) is 6.92 Å². The van der Waals surface area contributed by atoms with E-state index >= 15 is 0 Å². The molecule has 0 amide bonds. The van der Waals surface area contributed by atoms with Gasteiger partial charge in [-0.1, -0.05) is 12.5 Å². The van der Waals surface area contributed by atoms with Crippen LogP contribution in [-0.4, -0.2) is 5.38 Å². The molecule has 0 saturated heterocycles. The zero-order chi connectivity index (χ0) is 8.15. The molecule has 0 aliphatic heterocycles. The van der Waals surface area contributed by atoms with Gasteiger partial charge in [-0.05, 0) is 32.6 Å². The van der Waals surface area contributed by atoms with Crippen LogP contribution in [-0.2, 0) is 0 Å². The van der Waals surface area contributed by atoms with Crippen molar-refractivity contribution in [2.75, 3.05) is 0 Å². The standard InChI is InChI=1S/C9H17Cl/c1-7(2)5-6-8(3)9(4)10/h8-9H,1,5-6H2,2-4H3. The lowest BCUT2D eigenvalue weighted by atomic mass is 10.00. The molecule has 0 aromatic heterocycles. The summed E-state index contributed by atoms with van der Waals surface area (Å²) in [5.74, 6) is 0.610. The van der Waals surface area contributed by atoms with E-state index in [4.69, 9.17) is 11.6 Å². The highest BCUT2D eigenvalue weighted by atomic mass is 35.5. The zero-order valence-corrected chi connectivity index (χ0v) is 7.91. The topological polar surface area (TPSA) is 0 Å². The maximum absolute atomic E-state index is 5.88. The molecule has 0 saturated carbocycles. The van der Waals surface area contributed by atoms with Crippen molar-refractivity contribution in [2.45, 2.75) is 39.0 Å². The molecule has 0 aromatic rings. The molecule has 0 aliphatic rings. The quantitative estimate of drug-likeness (QED) is 0.436. The Labute approximate surface area is 69.3 Å². The Bertz CT molecular complexity index is 105. The van der Waals surface area contributed by atoms with Crippen LogP contribution in [0.2, 0.25) is 0 Å². The number of hydrogen-bond acceptors (Lipinski definition) is 0. The first-order valence-corrected chi connectivity index (χ1v) is 4.26. The zero-order valence-electron chi connectivity index (χ0n) is 7.15. The molecule has 0 N–H and O–H groups in total. The molecule has 0 aromatic carbocycles. The molecule has 0 rings (SSSR count). The van der Waals surface area contributed by atoms with E-state index in [-0.39, 0.29) is 0 Å². The van der Waals surface area contributed by atoms with Gasteiger partial charge >= 0.3 is 0 Å². The molecule has 2 unspecified atom stereocenters. The second-order valence-electron chi connectivity index (χ2n) is 3.15. The van der Waals surface area contributed by atoms with Gasteiger partial charge in [0.15, 0.2) is 0 Å². The first-order valence-electron chi connectivity index (χ1n) is 3.82. The molecular formula is C9H17Cl. The molecule has 60 valence electrons. The summed E-state index contributed by atoms with van der Waals surface area (Å²) in [4.78, 5) is 0. The average molecular weight is 161 g/mol. The van der Waals surface area contributed by atoms with E-state index in [0.29, 0.717) is 11.3 Å². The van der Waals surface area contributed by atoms with Gasteiger partial charge in [-0.2, -0.15) is 0 Å². The monoisotopic (exact) mass is 160 g/mol. The normalized spacial score (nSPS) is 16.4. The maximum Gasteiger partial charge on any atom is 0.0333 e. The van der Waals surface area contributed by atoms with E-state index in [1.165, 1.54) is 12.0 Å². The number of halogens is 1. The molecule has 10 heavy (non-hydrogen) atoms. The van der Waals surface area contributed by atoms with Crippen molar-refractivity contribution in [1.29, 1.82) is 0 Å². The molecule has 0 heterocycles. The van der Waals surface area contributed by atoms with Crippen molar-refractivity contribution in [3.8, 4) is 0 Å². The summed E-state index contributed by atoms with van der Waals surface area (Å²) in [5, 5.41) is 0.291. The van der Waals surface area contributed by atoms with E-state index in [1.54, 1.807) is 0 Å². The summed E-state index contributed by atoms with van der Waals surface area (Å²) in [6, 6.07) is 0. The lowest BCUT2D eigenvalue weighted by Crippen LogP contribution is -2.06. The smallest absolute Gasteiger partial charge is 0.0333 e. The van der Waals surface area contributed by atoms with Gasteiger partial charge in [-0.3, -0.25) is 0 Å². The fourth-order valence-corrected chi connectivity index (χ4v) is 0.830. The maximum atomic E-state index is 5.88. The highest BCUT2D eigenvalue weighted by Gasteiger charge is 2.07. The summed E-state index contributed by atoms with van der Waals surface area (Å²) in [6.45, 7) is 10.1. The SMILES string of the molecule is C=C(C)CCC(C)C(C)Cl. The predicted molar refractivity (Wildman–Crippen MR) is 48.5 cm³/mol. The number of allylic oxidation sites excluding steroid dienone is 1. The van der Waals surface area contributed by atoms with Crippen LogP contribution in [0.4, 0.5) is 0 Å². The molecule has 0 spiro atoms. The molecule has 0 radical (unpaired) electrons. The molecule has 0 fully saturated rings. The van der Waals surface area contributed by atoms with Crippen LogP contribution in [0.15, 0.2) is 12.2 Å². The summed E-state index contributed by atoms with van der Waals surface area (Å²) in [5.41, 5.74) is 1.25. The van der Waals surface area contributed by atoms with Crippen LogP contribution in [0, 0.1) is 5.92 Å². The first-order chi connectivity index (χ1) is 4.54. The first kappa shape index (κ1) is 10.0. The summed E-state index contributed by atoms with van der Waals surface area (Å²) >= 11 is 5.88. The van der Waals surface area contributed by atoms with Crippen LogP contribution in [0.5, 0.6) is 0 Å². The Morgan fingerprint density at radius 3 is 2.30 bits per heavy atom. The molecule has 0 aliphatic carbocycles. The summed E-state index contributed by atoms with van der Waals surface area (Å²) in [6.07, 6.45) is 2.28. The van der Waals surface area contributed by atoms with Gasteiger partial charge in [0.2, 0.25) is 0 Å². The summed E-state index contributed by atoms with van der Waals surface area (Å²) < 4.78 is 0. The van der Waals surface area contributed by atoms with Gasteiger partial charge in [-0.25, -0.2) is 0 Å². The third-order valence-corrected chi connectivity index (χ3v) is 2.24. The van der Waals surface area contributed by atoms with Gasteiger partial charge in [-0.15, -0.1) is 18.2 Å². The molecule has 1 heteroatoms. The molecule has 0 bridgehead atoms. The van der Waals surface area contributed by atoms with Gasteiger partial charge in [0.05, 0.1) is 0 Å². The van der Waals surface area contributed by atoms with E-state index < -0.39 is 0 Å². The van der Waals surface area contributed by atoms with Crippen molar-refractivity contribution in [3.05, 3.63) is 12.2 Å². The van der Waals surface area contributed by atoms with Crippen LogP contribution in [0.25, 0.3) is 0 Å². The number of alkyl halides is 1. The summed E-state index contributed by atoms with van der Waals surface area (Å²) in [7, 11) is 0. The van der Waals surface area contributed by atoms with E-state index in [0.717, 1.165) is 6.42 Å². The lowest BCUT2D eigenvalue weighted by molar-refractivity contribution is 0.522. The van der Waals surface area contributed by atoms with Gasteiger partial charge in [0, 0.05) is 5.38 Å². The lowest BCUT2D eigenvalue weighted by Gasteiger charge is -2.12. The van der Waals surface area contributed by atoms with E-state index in [9.17, 15) is 0 Å². The third kappa shape index (κ3) is 4.87. The number of rotatable bonds is 4. The fourth-order valence-electron chi connectivity index (χ4n) is 0.704. The van der Waals surface area contributed by atoms with Gasteiger partial charge < -0.3 is 0 Å². The Morgan fingerprint density at radius 2 is 2.00 bits per heavy atom. The van der Waals surface area contributed by atoms with Crippen LogP contribution < -0.4 is 0 Å². The largest absolute Gasteiger partial charge is 0.123 e. The molecule has 2 atom stereocenters. The second kappa shape index (κ2) is 4.79. The third-order valence-electron chi connectivity index (χ3n) is 1.81. The van der Waals surface area contributed by atoms with Crippen molar-refractivity contribution < 1.29 is 0 Å². The van der Waals surface area contributed by atoms with Crippen LogP contribution in [0.3, 0.4) is 0 Å².